The van der Waals surface area contributed by atoms with Crippen LogP contribution in [0.15, 0.2) is 30.4 Å². The Kier molecular flexibility index (Phi) is 4.45. The number of alkyl halides is 3. The zero-order valence-electron chi connectivity index (χ0n) is 10.6. The van der Waals surface area contributed by atoms with Crippen molar-refractivity contribution in [3.8, 4) is 0 Å². The van der Waals surface area contributed by atoms with Gasteiger partial charge < -0.3 is 10.4 Å². The second-order valence-corrected chi connectivity index (χ2v) is 4.86. The molecule has 1 aliphatic rings. The molecule has 0 amide bonds. The first kappa shape index (κ1) is 15.0. The predicted molar refractivity (Wildman–Crippen MR) is 66.4 cm³/mol. The minimum Gasteiger partial charge on any atom is -0.396 e. The lowest BCUT2D eigenvalue weighted by Crippen LogP contribution is -2.26. The van der Waals surface area contributed by atoms with Crippen LogP contribution in [0, 0.1) is 11.7 Å². The predicted octanol–water partition coefficient (Wildman–Crippen LogP) is 2.87. The molecule has 0 aromatic heterocycles. The number of rotatable bonds is 4. The Bertz CT molecular complexity index is 498. The number of halogens is 4. The monoisotopic (exact) mass is 289 g/mol. The molecule has 0 radical (unpaired) electrons. The van der Waals surface area contributed by atoms with E-state index in [4.69, 9.17) is 5.11 Å². The van der Waals surface area contributed by atoms with Gasteiger partial charge in [-0.1, -0.05) is 18.2 Å². The molecule has 2 nitrogen and oxygen atoms in total. The summed E-state index contributed by atoms with van der Waals surface area (Å²) in [7, 11) is 0. The lowest BCUT2D eigenvalue weighted by molar-refractivity contribution is -0.140. The smallest absolute Gasteiger partial charge is 0.396 e. The second-order valence-electron chi connectivity index (χ2n) is 4.86. The number of benzene rings is 1. The second kappa shape index (κ2) is 5.93. The van der Waals surface area contributed by atoms with Gasteiger partial charge in [0.25, 0.3) is 0 Å². The third kappa shape index (κ3) is 3.58. The van der Waals surface area contributed by atoms with Crippen LogP contribution in [0.25, 0.3) is 0 Å². The van der Waals surface area contributed by atoms with Crippen molar-refractivity contribution in [2.24, 2.45) is 5.92 Å². The summed E-state index contributed by atoms with van der Waals surface area (Å²) in [5.74, 6) is -1.17. The van der Waals surface area contributed by atoms with Crippen LogP contribution in [0.4, 0.5) is 17.6 Å². The highest BCUT2D eigenvalue weighted by Crippen LogP contribution is 2.32. The van der Waals surface area contributed by atoms with Gasteiger partial charge in [0.05, 0.1) is 5.56 Å². The molecule has 110 valence electrons. The van der Waals surface area contributed by atoms with Crippen LogP contribution in [-0.2, 0) is 12.7 Å². The highest BCUT2D eigenvalue weighted by Gasteiger charge is 2.34. The van der Waals surface area contributed by atoms with E-state index in [-0.39, 0.29) is 25.1 Å². The third-order valence-corrected chi connectivity index (χ3v) is 3.31. The third-order valence-electron chi connectivity index (χ3n) is 3.31. The number of hydrogen-bond donors (Lipinski definition) is 2. The fourth-order valence-electron chi connectivity index (χ4n) is 2.21. The molecule has 20 heavy (non-hydrogen) atoms. The van der Waals surface area contributed by atoms with E-state index in [1.54, 1.807) is 0 Å². The minimum absolute atomic E-state index is 0.0199. The highest BCUT2D eigenvalue weighted by atomic mass is 19.4. The Labute approximate surface area is 114 Å². The molecule has 2 N–H and O–H groups in total. The fraction of sp³-hybridized carbons (Fsp3) is 0.429. The summed E-state index contributed by atoms with van der Waals surface area (Å²) >= 11 is 0. The molecule has 6 heteroatoms. The van der Waals surface area contributed by atoms with Gasteiger partial charge in [-0.3, -0.25) is 0 Å². The quantitative estimate of drug-likeness (QED) is 0.660. The number of aliphatic hydroxyl groups excluding tert-OH is 1. The lowest BCUT2D eigenvalue weighted by atomic mass is 10.1. The standard InChI is InChI=1S/C14H15F4NO/c15-13-4-2-9(6-12(13)14(16,17)18)7-19-11-3-1-10(5-11)8-20/h1-4,6,10-11,19-20H,5,7-8H2/t10-,11+/m0/s1. The van der Waals surface area contributed by atoms with Gasteiger partial charge in [0.2, 0.25) is 0 Å². The highest BCUT2D eigenvalue weighted by molar-refractivity contribution is 5.27. The van der Waals surface area contributed by atoms with E-state index >= 15 is 0 Å². The van der Waals surface area contributed by atoms with Crippen LogP contribution in [0.2, 0.25) is 0 Å². The van der Waals surface area contributed by atoms with Gasteiger partial charge in [0.15, 0.2) is 0 Å². The average molecular weight is 289 g/mol. The van der Waals surface area contributed by atoms with Crippen molar-refractivity contribution >= 4 is 0 Å². The Morgan fingerprint density at radius 3 is 2.60 bits per heavy atom. The van der Waals surface area contributed by atoms with E-state index in [0.717, 1.165) is 12.1 Å². The largest absolute Gasteiger partial charge is 0.419 e. The van der Waals surface area contributed by atoms with Crippen molar-refractivity contribution in [1.82, 2.24) is 5.32 Å². The normalized spacial score (nSPS) is 22.4. The maximum absolute atomic E-state index is 13.1. The van der Waals surface area contributed by atoms with Crippen molar-refractivity contribution in [2.45, 2.75) is 25.2 Å². The molecule has 0 unspecified atom stereocenters. The molecule has 0 saturated heterocycles. The maximum Gasteiger partial charge on any atom is 0.419 e. The summed E-state index contributed by atoms with van der Waals surface area (Å²) in [5, 5.41) is 12.1. The van der Waals surface area contributed by atoms with Gasteiger partial charge in [-0.2, -0.15) is 13.2 Å². The van der Waals surface area contributed by atoms with Gasteiger partial charge in [0.1, 0.15) is 5.82 Å². The number of nitrogens with one attached hydrogen (secondary N) is 1. The molecule has 2 rings (SSSR count). The number of hydrogen-bond acceptors (Lipinski definition) is 2. The van der Waals surface area contributed by atoms with Gasteiger partial charge in [-0.05, 0) is 24.1 Å². The zero-order valence-corrected chi connectivity index (χ0v) is 10.6. The summed E-state index contributed by atoms with van der Waals surface area (Å²) in [6.45, 7) is 0.278. The summed E-state index contributed by atoms with van der Waals surface area (Å²) in [4.78, 5) is 0. The van der Waals surface area contributed by atoms with Crippen LogP contribution in [0.1, 0.15) is 17.5 Å². The molecular weight excluding hydrogens is 274 g/mol. The molecule has 2 atom stereocenters. The average Bonchev–Trinajstić information content (AvgIpc) is 2.84. The molecule has 1 aromatic rings. The topological polar surface area (TPSA) is 32.3 Å². The van der Waals surface area contributed by atoms with Crippen LogP contribution in [0.5, 0.6) is 0 Å². The Morgan fingerprint density at radius 1 is 1.25 bits per heavy atom. The van der Waals surface area contributed by atoms with E-state index in [1.807, 2.05) is 12.2 Å². The van der Waals surface area contributed by atoms with Crippen molar-refractivity contribution < 1.29 is 22.7 Å². The Hall–Kier alpha value is -1.40. The van der Waals surface area contributed by atoms with Crippen molar-refractivity contribution in [2.75, 3.05) is 6.61 Å². The number of aliphatic hydroxyl groups is 1. The first-order valence-corrected chi connectivity index (χ1v) is 6.28. The molecule has 0 heterocycles. The molecule has 1 aromatic carbocycles. The van der Waals surface area contributed by atoms with Crippen LogP contribution < -0.4 is 5.32 Å². The van der Waals surface area contributed by atoms with Crippen LogP contribution >= 0.6 is 0 Å². The van der Waals surface area contributed by atoms with Crippen molar-refractivity contribution in [3.05, 3.63) is 47.3 Å². The zero-order chi connectivity index (χ0) is 14.8. The maximum atomic E-state index is 13.1. The Morgan fingerprint density at radius 2 is 2.00 bits per heavy atom. The van der Waals surface area contributed by atoms with Gasteiger partial charge >= 0.3 is 6.18 Å². The van der Waals surface area contributed by atoms with Crippen LogP contribution in [0.3, 0.4) is 0 Å². The molecule has 0 saturated carbocycles. The Balaban J connectivity index is 1.99. The molecular formula is C14H15F4NO. The fourth-order valence-corrected chi connectivity index (χ4v) is 2.21. The molecule has 0 bridgehead atoms. The molecule has 0 aliphatic heterocycles. The summed E-state index contributed by atoms with van der Waals surface area (Å²) < 4.78 is 50.8. The molecule has 1 aliphatic carbocycles. The summed E-state index contributed by atoms with van der Waals surface area (Å²) in [6.07, 6.45) is -0.211. The van der Waals surface area contributed by atoms with Gasteiger partial charge in [-0.15, -0.1) is 0 Å². The SMILES string of the molecule is OC[C@H]1C=C[C@@H](NCc2ccc(F)c(C(F)(F)F)c2)C1. The van der Waals surface area contributed by atoms with E-state index in [9.17, 15) is 17.6 Å². The first-order chi connectivity index (χ1) is 9.40. The van der Waals surface area contributed by atoms with Gasteiger partial charge in [0, 0.05) is 25.1 Å². The summed E-state index contributed by atoms with van der Waals surface area (Å²) in [5.41, 5.74) is -0.869. The van der Waals surface area contributed by atoms with E-state index < -0.39 is 17.6 Å². The van der Waals surface area contributed by atoms with Crippen LogP contribution in [-0.4, -0.2) is 17.8 Å². The molecule has 0 spiro atoms. The van der Waals surface area contributed by atoms with E-state index in [1.165, 1.54) is 6.07 Å². The lowest BCUT2D eigenvalue weighted by Gasteiger charge is -2.14. The first-order valence-electron chi connectivity index (χ1n) is 6.28. The molecule has 0 fully saturated rings. The van der Waals surface area contributed by atoms with E-state index in [0.29, 0.717) is 12.0 Å². The van der Waals surface area contributed by atoms with E-state index in [2.05, 4.69) is 5.32 Å². The minimum atomic E-state index is -4.69. The van der Waals surface area contributed by atoms with Crippen molar-refractivity contribution in [1.29, 1.82) is 0 Å². The van der Waals surface area contributed by atoms with Gasteiger partial charge in [-0.25, -0.2) is 4.39 Å². The summed E-state index contributed by atoms with van der Waals surface area (Å²) in [6, 6.07) is 3.01. The van der Waals surface area contributed by atoms with Crippen molar-refractivity contribution in [3.63, 3.8) is 0 Å².